The molecule has 0 bridgehead atoms. The molecule has 2 aliphatic rings. The van der Waals surface area contributed by atoms with Crippen molar-refractivity contribution in [3.05, 3.63) is 44.9 Å². The minimum absolute atomic E-state index is 0. The fourth-order valence-corrected chi connectivity index (χ4v) is 5.97. The molecule has 0 unspecified atom stereocenters. The summed E-state index contributed by atoms with van der Waals surface area (Å²) >= 11 is 7.28. The summed E-state index contributed by atoms with van der Waals surface area (Å²) < 4.78 is 0. The van der Waals surface area contributed by atoms with Gasteiger partial charge in [0.25, 0.3) is 11.8 Å². The van der Waals surface area contributed by atoms with E-state index in [0.29, 0.717) is 35.0 Å². The van der Waals surface area contributed by atoms with Crippen LogP contribution in [0.3, 0.4) is 0 Å². The molecule has 3 atom stereocenters. The molecule has 1 aliphatic carbocycles. The first kappa shape index (κ1) is 30.8. The maximum Gasteiger partial charge on any atom is 0.289 e. The monoisotopic (exact) mass is 597 g/mol. The van der Waals surface area contributed by atoms with Crippen LogP contribution in [0.15, 0.2) is 29.3 Å². The number of hydrogen-bond acceptors (Lipinski definition) is 8. The van der Waals surface area contributed by atoms with E-state index < -0.39 is 18.0 Å². The van der Waals surface area contributed by atoms with E-state index >= 15 is 0 Å². The van der Waals surface area contributed by atoms with Crippen molar-refractivity contribution in [1.29, 1.82) is 0 Å². The summed E-state index contributed by atoms with van der Waals surface area (Å²) in [6.45, 7) is 1.65. The SMILES string of the molecule is CN1CCc2nc(C(=O)N[C@@H]3C[C@@H](C(=O)N(C)C)CC[C@@H]3NC(=O)C(=Nc3ccc(Cl)cc3)NO)sc2C1.Cl. The lowest BCUT2D eigenvalue weighted by atomic mass is 9.81. The third-order valence-electron chi connectivity index (χ3n) is 6.78. The quantitative estimate of drug-likeness (QED) is 0.236. The Morgan fingerprint density at radius 2 is 1.87 bits per heavy atom. The Kier molecular flexibility index (Phi) is 10.7. The van der Waals surface area contributed by atoms with Crippen LogP contribution in [-0.4, -0.2) is 83.3 Å². The summed E-state index contributed by atoms with van der Waals surface area (Å²) in [7, 11) is 5.44. The Hall–Kier alpha value is -2.77. The largest absolute Gasteiger partial charge is 0.349 e. The predicted octanol–water partition coefficient (Wildman–Crippen LogP) is 2.39. The van der Waals surface area contributed by atoms with E-state index in [4.69, 9.17) is 11.6 Å². The van der Waals surface area contributed by atoms with Gasteiger partial charge in [0, 0.05) is 55.5 Å². The van der Waals surface area contributed by atoms with Crippen LogP contribution < -0.4 is 16.1 Å². The summed E-state index contributed by atoms with van der Waals surface area (Å²) in [4.78, 5) is 52.5. The number of amidine groups is 1. The highest BCUT2D eigenvalue weighted by Gasteiger charge is 2.37. The first-order valence-electron chi connectivity index (χ1n) is 12.4. The molecule has 0 radical (unpaired) electrons. The molecule has 1 aliphatic heterocycles. The van der Waals surface area contributed by atoms with Gasteiger partial charge in [0.15, 0.2) is 5.01 Å². The number of aromatic nitrogens is 1. The van der Waals surface area contributed by atoms with Crippen LogP contribution in [0, 0.1) is 5.92 Å². The Bertz CT molecular complexity index is 1220. The molecule has 212 valence electrons. The number of nitrogens with one attached hydrogen (secondary N) is 3. The molecule has 1 fully saturated rings. The molecule has 2 aromatic rings. The first-order valence-corrected chi connectivity index (χ1v) is 13.6. The van der Waals surface area contributed by atoms with Gasteiger partial charge in [-0.25, -0.2) is 15.5 Å². The van der Waals surface area contributed by atoms with Crippen molar-refractivity contribution in [1.82, 2.24) is 30.9 Å². The van der Waals surface area contributed by atoms with E-state index in [1.54, 1.807) is 43.3 Å². The second kappa shape index (κ2) is 13.5. The minimum Gasteiger partial charge on any atom is -0.349 e. The van der Waals surface area contributed by atoms with Gasteiger partial charge in [-0.1, -0.05) is 11.6 Å². The standard InChI is InChI=1S/C25H32ClN7O4S.ClH/c1-32(2)25(36)14-4-9-17(28-22(34)21(31-37)27-16-7-5-15(26)6-8-16)19(12-14)29-23(35)24-30-18-10-11-33(3)13-20(18)38-24;/h5-8,14,17,19,37H,4,9-13H2,1-3H3,(H,27,31)(H,28,34)(H,29,35);1H/t14-,17-,19+;/m0./s1. The van der Waals surface area contributed by atoms with E-state index in [0.717, 1.165) is 30.1 Å². The summed E-state index contributed by atoms with van der Waals surface area (Å²) in [6.07, 6.45) is 2.15. The Labute approximate surface area is 242 Å². The zero-order chi connectivity index (χ0) is 27.4. The van der Waals surface area contributed by atoms with Crippen LogP contribution in [-0.2, 0) is 22.6 Å². The van der Waals surface area contributed by atoms with Crippen LogP contribution in [0.1, 0.15) is 39.6 Å². The molecule has 2 heterocycles. The summed E-state index contributed by atoms with van der Waals surface area (Å²) in [5.41, 5.74) is 3.22. The summed E-state index contributed by atoms with van der Waals surface area (Å²) in [5, 5.41) is 16.4. The number of fused-ring (bicyclic) bond motifs is 1. The first-order chi connectivity index (χ1) is 18.1. The van der Waals surface area contributed by atoms with E-state index in [1.165, 1.54) is 11.3 Å². The number of carbonyl (C=O) groups is 3. The van der Waals surface area contributed by atoms with Gasteiger partial charge < -0.3 is 20.4 Å². The van der Waals surface area contributed by atoms with Crippen molar-refractivity contribution < 1.29 is 19.6 Å². The average molecular weight is 599 g/mol. The maximum atomic E-state index is 13.2. The fraction of sp³-hybridized carbons (Fsp3) is 0.480. The number of aliphatic imine (C=N–C) groups is 1. The highest BCUT2D eigenvalue weighted by Crippen LogP contribution is 2.28. The average Bonchev–Trinajstić information content (AvgIpc) is 3.32. The maximum absolute atomic E-state index is 13.2. The summed E-state index contributed by atoms with van der Waals surface area (Å²) in [5.74, 6) is -1.59. The van der Waals surface area contributed by atoms with Gasteiger partial charge in [0.1, 0.15) is 0 Å². The topological polar surface area (TPSA) is 139 Å². The lowest BCUT2D eigenvalue weighted by Crippen LogP contribution is -2.57. The normalized spacial score (nSPS) is 21.3. The van der Waals surface area contributed by atoms with Crippen molar-refractivity contribution in [3.8, 4) is 0 Å². The van der Waals surface area contributed by atoms with Crippen molar-refractivity contribution in [2.45, 2.75) is 44.3 Å². The van der Waals surface area contributed by atoms with E-state index in [-0.39, 0.29) is 36.0 Å². The van der Waals surface area contributed by atoms with E-state index in [2.05, 4.69) is 25.5 Å². The smallest absolute Gasteiger partial charge is 0.289 e. The number of rotatable bonds is 5. The number of likely N-dealkylation sites (N-methyl/N-ethyl adjacent to an activating group) is 1. The van der Waals surface area contributed by atoms with Gasteiger partial charge >= 0.3 is 0 Å². The van der Waals surface area contributed by atoms with Gasteiger partial charge in [-0.15, -0.1) is 23.7 Å². The van der Waals surface area contributed by atoms with Gasteiger partial charge in [-0.3, -0.25) is 19.6 Å². The number of hydrogen-bond donors (Lipinski definition) is 4. The minimum atomic E-state index is -0.642. The second-order valence-corrected chi connectivity index (χ2v) is 11.3. The van der Waals surface area contributed by atoms with Gasteiger partial charge in [-0.2, -0.15) is 0 Å². The molecule has 4 N–H and O–H groups in total. The van der Waals surface area contributed by atoms with E-state index in [1.807, 2.05) is 12.5 Å². The zero-order valence-electron chi connectivity index (χ0n) is 21.9. The zero-order valence-corrected chi connectivity index (χ0v) is 24.3. The van der Waals surface area contributed by atoms with Crippen molar-refractivity contribution in [3.63, 3.8) is 0 Å². The van der Waals surface area contributed by atoms with Crippen molar-refractivity contribution >= 4 is 64.6 Å². The molecule has 4 rings (SSSR count). The van der Waals surface area contributed by atoms with Crippen LogP contribution in [0.2, 0.25) is 5.02 Å². The molecule has 0 spiro atoms. The third kappa shape index (κ3) is 7.67. The van der Waals surface area contributed by atoms with Gasteiger partial charge in [0.05, 0.1) is 17.4 Å². The molecule has 1 saturated carbocycles. The number of thiazole rings is 1. The molecule has 3 amide bonds. The predicted molar refractivity (Wildman–Crippen MR) is 152 cm³/mol. The van der Waals surface area contributed by atoms with E-state index in [9.17, 15) is 19.6 Å². The molecule has 1 aromatic carbocycles. The number of halogens is 2. The van der Waals surface area contributed by atoms with Crippen LogP contribution in [0.4, 0.5) is 5.69 Å². The third-order valence-corrected chi connectivity index (χ3v) is 8.11. The number of benzene rings is 1. The van der Waals surface area contributed by atoms with Crippen LogP contribution in [0.5, 0.6) is 0 Å². The lowest BCUT2D eigenvalue weighted by Gasteiger charge is -2.37. The molecular formula is C25H33Cl2N7O4S. The van der Waals surface area contributed by atoms with Gasteiger partial charge in [-0.05, 0) is 50.6 Å². The highest BCUT2D eigenvalue weighted by atomic mass is 35.5. The molecule has 1 aromatic heterocycles. The Balaban J connectivity index is 0.00000420. The number of amides is 3. The Morgan fingerprint density at radius 3 is 2.54 bits per heavy atom. The summed E-state index contributed by atoms with van der Waals surface area (Å²) in [6, 6.07) is 5.46. The second-order valence-electron chi connectivity index (χ2n) is 9.83. The highest BCUT2D eigenvalue weighted by molar-refractivity contribution is 7.13. The molecule has 39 heavy (non-hydrogen) atoms. The molecular weight excluding hydrogens is 565 g/mol. The van der Waals surface area contributed by atoms with Gasteiger partial charge in [0.2, 0.25) is 11.7 Å². The lowest BCUT2D eigenvalue weighted by molar-refractivity contribution is -0.134. The van der Waals surface area contributed by atoms with Crippen LogP contribution in [0.25, 0.3) is 0 Å². The number of carbonyl (C=O) groups excluding carboxylic acids is 3. The molecule has 14 heteroatoms. The van der Waals surface area contributed by atoms with Crippen LogP contribution >= 0.6 is 35.3 Å². The number of nitrogens with zero attached hydrogens (tertiary/aromatic N) is 4. The number of hydroxylamine groups is 1. The Morgan fingerprint density at radius 1 is 1.15 bits per heavy atom. The molecule has 11 nitrogen and oxygen atoms in total. The molecule has 0 saturated heterocycles. The fourth-order valence-electron chi connectivity index (χ4n) is 4.75. The van der Waals surface area contributed by atoms with Crippen molar-refractivity contribution in [2.75, 3.05) is 27.7 Å². The van der Waals surface area contributed by atoms with Crippen molar-refractivity contribution in [2.24, 2.45) is 10.9 Å².